The first-order chi connectivity index (χ1) is 5.84. The van der Waals surface area contributed by atoms with Gasteiger partial charge in [0.1, 0.15) is 0 Å². The third-order valence-electron chi connectivity index (χ3n) is 1.40. The Morgan fingerprint density at radius 2 is 2.50 bits per heavy atom. The second-order valence-electron chi connectivity index (χ2n) is 2.24. The zero-order valence-corrected chi connectivity index (χ0v) is 6.96. The SMILES string of the molecule is CC#CCNc1ccncc1N. The second kappa shape index (κ2) is 4.24. The summed E-state index contributed by atoms with van der Waals surface area (Å²) in [6.07, 6.45) is 3.31. The lowest BCUT2D eigenvalue weighted by Gasteiger charge is -2.03. The molecule has 0 amide bonds. The van der Waals surface area contributed by atoms with Crippen LogP contribution < -0.4 is 11.1 Å². The van der Waals surface area contributed by atoms with Crippen LogP contribution in [0.15, 0.2) is 18.5 Å². The van der Waals surface area contributed by atoms with Gasteiger partial charge in [-0.25, -0.2) is 0 Å². The molecule has 0 aliphatic carbocycles. The van der Waals surface area contributed by atoms with Crippen LogP contribution in [0.5, 0.6) is 0 Å². The van der Waals surface area contributed by atoms with E-state index in [0.29, 0.717) is 12.2 Å². The monoisotopic (exact) mass is 161 g/mol. The number of aromatic nitrogens is 1. The van der Waals surface area contributed by atoms with Crippen molar-refractivity contribution in [2.75, 3.05) is 17.6 Å². The topological polar surface area (TPSA) is 50.9 Å². The van der Waals surface area contributed by atoms with Crippen molar-refractivity contribution in [3.63, 3.8) is 0 Å². The molecular formula is C9H11N3. The van der Waals surface area contributed by atoms with Crippen LogP contribution in [0.3, 0.4) is 0 Å². The van der Waals surface area contributed by atoms with Crippen molar-refractivity contribution in [3.8, 4) is 11.8 Å². The van der Waals surface area contributed by atoms with Gasteiger partial charge in [0.2, 0.25) is 0 Å². The summed E-state index contributed by atoms with van der Waals surface area (Å²) < 4.78 is 0. The summed E-state index contributed by atoms with van der Waals surface area (Å²) in [6.45, 7) is 2.42. The van der Waals surface area contributed by atoms with Gasteiger partial charge in [-0.1, -0.05) is 5.92 Å². The average molecular weight is 161 g/mol. The van der Waals surface area contributed by atoms with Crippen molar-refractivity contribution in [1.29, 1.82) is 0 Å². The summed E-state index contributed by atoms with van der Waals surface area (Å²) in [4.78, 5) is 3.87. The van der Waals surface area contributed by atoms with E-state index in [9.17, 15) is 0 Å². The molecule has 0 saturated carbocycles. The number of rotatable bonds is 2. The lowest BCUT2D eigenvalue weighted by Crippen LogP contribution is -2.02. The van der Waals surface area contributed by atoms with E-state index < -0.39 is 0 Å². The molecule has 62 valence electrons. The molecule has 0 radical (unpaired) electrons. The zero-order valence-electron chi connectivity index (χ0n) is 6.96. The van der Waals surface area contributed by atoms with Gasteiger partial charge in [0, 0.05) is 6.20 Å². The van der Waals surface area contributed by atoms with Gasteiger partial charge >= 0.3 is 0 Å². The van der Waals surface area contributed by atoms with Crippen molar-refractivity contribution in [2.45, 2.75) is 6.92 Å². The van der Waals surface area contributed by atoms with Crippen LogP contribution >= 0.6 is 0 Å². The van der Waals surface area contributed by atoms with Gasteiger partial charge in [-0.05, 0) is 13.0 Å². The molecular weight excluding hydrogens is 150 g/mol. The molecule has 12 heavy (non-hydrogen) atoms. The van der Waals surface area contributed by atoms with Crippen LogP contribution in [-0.4, -0.2) is 11.5 Å². The fraction of sp³-hybridized carbons (Fsp3) is 0.222. The number of nitrogen functional groups attached to an aromatic ring is 1. The van der Waals surface area contributed by atoms with Crippen LogP contribution in [0.1, 0.15) is 6.92 Å². The first-order valence-electron chi connectivity index (χ1n) is 3.67. The maximum absolute atomic E-state index is 5.63. The lowest BCUT2D eigenvalue weighted by molar-refractivity contribution is 1.30. The minimum absolute atomic E-state index is 0.616. The summed E-state index contributed by atoms with van der Waals surface area (Å²) in [6, 6.07) is 1.83. The first kappa shape index (κ1) is 8.41. The van der Waals surface area contributed by atoms with E-state index >= 15 is 0 Å². The normalized spacial score (nSPS) is 8.42. The second-order valence-corrected chi connectivity index (χ2v) is 2.24. The number of nitrogens with one attached hydrogen (secondary N) is 1. The van der Waals surface area contributed by atoms with Gasteiger partial charge in [0.05, 0.1) is 24.1 Å². The van der Waals surface area contributed by atoms with Crippen LogP contribution in [-0.2, 0) is 0 Å². The molecule has 0 bridgehead atoms. The van der Waals surface area contributed by atoms with E-state index in [1.54, 1.807) is 19.3 Å². The Morgan fingerprint density at radius 1 is 1.67 bits per heavy atom. The molecule has 0 aliphatic rings. The molecule has 0 atom stereocenters. The fourth-order valence-corrected chi connectivity index (χ4v) is 0.795. The van der Waals surface area contributed by atoms with Gasteiger partial charge in [0.25, 0.3) is 0 Å². The van der Waals surface area contributed by atoms with E-state index in [1.165, 1.54) is 0 Å². The van der Waals surface area contributed by atoms with E-state index in [4.69, 9.17) is 5.73 Å². The van der Waals surface area contributed by atoms with Crippen molar-refractivity contribution in [2.24, 2.45) is 0 Å². The van der Waals surface area contributed by atoms with E-state index in [-0.39, 0.29) is 0 Å². The van der Waals surface area contributed by atoms with Crippen LogP contribution in [0.2, 0.25) is 0 Å². The Balaban J connectivity index is 2.61. The van der Waals surface area contributed by atoms with Gasteiger partial charge < -0.3 is 11.1 Å². The first-order valence-corrected chi connectivity index (χ1v) is 3.67. The predicted molar refractivity (Wildman–Crippen MR) is 50.6 cm³/mol. The number of pyridine rings is 1. The average Bonchev–Trinajstić information content (AvgIpc) is 2.09. The highest BCUT2D eigenvalue weighted by molar-refractivity contribution is 5.64. The van der Waals surface area contributed by atoms with Gasteiger partial charge in [0.15, 0.2) is 0 Å². The van der Waals surface area contributed by atoms with Gasteiger partial charge in [-0.15, -0.1) is 5.92 Å². The van der Waals surface area contributed by atoms with E-state index in [0.717, 1.165) is 5.69 Å². The Labute approximate surface area is 72.0 Å². The molecule has 3 N–H and O–H groups in total. The summed E-state index contributed by atoms with van der Waals surface area (Å²) in [5.41, 5.74) is 7.16. The fourth-order valence-electron chi connectivity index (χ4n) is 0.795. The Kier molecular flexibility index (Phi) is 2.97. The largest absolute Gasteiger partial charge is 0.396 e. The van der Waals surface area contributed by atoms with Crippen molar-refractivity contribution in [1.82, 2.24) is 4.98 Å². The standard InChI is InChI=1S/C9H11N3/c1-2-3-5-12-9-4-6-11-7-8(9)10/h4,6-7H,5,10H2,1H3,(H,11,12). The van der Waals surface area contributed by atoms with E-state index in [1.807, 2.05) is 6.07 Å². The molecule has 1 rings (SSSR count). The highest BCUT2D eigenvalue weighted by Gasteiger charge is 1.93. The summed E-state index contributed by atoms with van der Waals surface area (Å²) in [5.74, 6) is 5.68. The van der Waals surface area contributed by atoms with Crippen molar-refractivity contribution < 1.29 is 0 Å². The minimum atomic E-state index is 0.616. The number of hydrogen-bond donors (Lipinski definition) is 2. The molecule has 0 unspecified atom stereocenters. The molecule has 1 aromatic heterocycles. The smallest absolute Gasteiger partial charge is 0.0766 e. The number of nitrogens with two attached hydrogens (primary N) is 1. The maximum Gasteiger partial charge on any atom is 0.0766 e. The molecule has 3 nitrogen and oxygen atoms in total. The Morgan fingerprint density at radius 3 is 3.17 bits per heavy atom. The Bertz CT molecular complexity index is 309. The highest BCUT2D eigenvalue weighted by Crippen LogP contribution is 2.13. The summed E-state index contributed by atoms with van der Waals surface area (Å²) in [5, 5.41) is 3.08. The quantitative estimate of drug-likeness (QED) is 0.638. The van der Waals surface area contributed by atoms with Crippen LogP contribution in [0.4, 0.5) is 11.4 Å². The highest BCUT2D eigenvalue weighted by atomic mass is 14.9. The molecule has 0 aromatic carbocycles. The molecule has 0 spiro atoms. The number of hydrogen-bond acceptors (Lipinski definition) is 3. The molecule has 0 aliphatic heterocycles. The molecule has 0 fully saturated rings. The molecule has 3 heteroatoms. The van der Waals surface area contributed by atoms with Crippen molar-refractivity contribution in [3.05, 3.63) is 18.5 Å². The van der Waals surface area contributed by atoms with Crippen molar-refractivity contribution >= 4 is 11.4 Å². The Hall–Kier alpha value is -1.69. The molecule has 0 saturated heterocycles. The molecule has 1 aromatic rings. The summed E-state index contributed by atoms with van der Waals surface area (Å²) in [7, 11) is 0. The predicted octanol–water partition coefficient (Wildman–Crippen LogP) is 1.10. The van der Waals surface area contributed by atoms with Gasteiger partial charge in [-0.3, -0.25) is 4.98 Å². The zero-order chi connectivity index (χ0) is 8.81. The minimum Gasteiger partial charge on any atom is -0.396 e. The van der Waals surface area contributed by atoms with Crippen LogP contribution in [0.25, 0.3) is 0 Å². The third-order valence-corrected chi connectivity index (χ3v) is 1.40. The molecule has 1 heterocycles. The number of nitrogens with zero attached hydrogens (tertiary/aromatic N) is 1. The number of anilines is 2. The third kappa shape index (κ3) is 2.17. The summed E-state index contributed by atoms with van der Waals surface area (Å²) >= 11 is 0. The van der Waals surface area contributed by atoms with Crippen LogP contribution in [0, 0.1) is 11.8 Å². The maximum atomic E-state index is 5.63. The van der Waals surface area contributed by atoms with Gasteiger partial charge in [-0.2, -0.15) is 0 Å². The van der Waals surface area contributed by atoms with E-state index in [2.05, 4.69) is 22.1 Å². The lowest BCUT2D eigenvalue weighted by atomic mass is 10.3.